The van der Waals surface area contributed by atoms with E-state index in [9.17, 15) is 27.2 Å². The largest absolute Gasteiger partial charge is 0.445 e. The highest BCUT2D eigenvalue weighted by Crippen LogP contribution is 2.56. The van der Waals surface area contributed by atoms with Crippen LogP contribution in [-0.2, 0) is 37.4 Å². The van der Waals surface area contributed by atoms with Crippen LogP contribution in [0.1, 0.15) is 43.2 Å². The second kappa shape index (κ2) is 8.70. The zero-order valence-electron chi connectivity index (χ0n) is 19.2. The molecule has 2 saturated carbocycles. The Morgan fingerprint density at radius 1 is 1.29 bits per heavy atom. The number of fused-ring (bicyclic) bond motifs is 1. The molecule has 1 saturated heterocycles. The number of amides is 2. The minimum Gasteiger partial charge on any atom is -0.445 e. The number of nitrogens with one attached hydrogen (secondary N) is 2. The van der Waals surface area contributed by atoms with Gasteiger partial charge in [-0.2, -0.15) is 0 Å². The molecular formula is C24H28FN3O6S. The molecule has 1 aromatic rings. The van der Waals surface area contributed by atoms with E-state index in [-0.39, 0.29) is 50.0 Å². The van der Waals surface area contributed by atoms with Crippen LogP contribution in [0.3, 0.4) is 0 Å². The Balaban J connectivity index is 1.15. The van der Waals surface area contributed by atoms with Crippen molar-refractivity contribution in [1.82, 2.24) is 14.9 Å². The van der Waals surface area contributed by atoms with E-state index in [4.69, 9.17) is 4.74 Å². The Kier molecular flexibility index (Phi) is 5.95. The van der Waals surface area contributed by atoms with Crippen molar-refractivity contribution in [3.05, 3.63) is 47.8 Å². The summed E-state index contributed by atoms with van der Waals surface area (Å²) in [5, 5.41) is 2.51. The molecule has 5 rings (SSSR count). The van der Waals surface area contributed by atoms with Crippen molar-refractivity contribution in [3.63, 3.8) is 0 Å². The summed E-state index contributed by atoms with van der Waals surface area (Å²) in [4.78, 5) is 39.9. The summed E-state index contributed by atoms with van der Waals surface area (Å²) < 4.78 is 46.2. The highest BCUT2D eigenvalue weighted by atomic mass is 32.2. The molecule has 188 valence electrons. The topological polar surface area (TPSA) is 122 Å². The van der Waals surface area contributed by atoms with Crippen molar-refractivity contribution in [3.8, 4) is 0 Å². The van der Waals surface area contributed by atoms with E-state index in [1.54, 1.807) is 18.2 Å². The number of nitrogens with zero attached hydrogens (tertiary/aromatic N) is 1. The molecule has 2 heterocycles. The number of benzene rings is 1. The van der Waals surface area contributed by atoms with Crippen LogP contribution >= 0.6 is 0 Å². The van der Waals surface area contributed by atoms with Gasteiger partial charge in [0.2, 0.25) is 15.9 Å². The minimum absolute atomic E-state index is 0.116. The molecule has 4 atom stereocenters. The van der Waals surface area contributed by atoms with Gasteiger partial charge in [-0.3, -0.25) is 19.2 Å². The number of allylic oxidation sites excluding steroid dienone is 1. The van der Waals surface area contributed by atoms with Gasteiger partial charge in [0.1, 0.15) is 11.9 Å². The Labute approximate surface area is 203 Å². The van der Waals surface area contributed by atoms with E-state index in [0.29, 0.717) is 24.8 Å². The SMILES string of the molecule is C=C[C@@H]1C[C@]1(CC(=O)[C@@H]1CC(OC(=O)N2Cc3cccc(F)c3C2)CN1)C(=O)NS(=O)(=O)C1CC1. The molecule has 0 aromatic heterocycles. The molecule has 2 aliphatic carbocycles. The molecule has 3 fully saturated rings. The number of ether oxygens (including phenoxy) is 1. The Morgan fingerprint density at radius 3 is 2.71 bits per heavy atom. The number of sulfonamides is 1. The van der Waals surface area contributed by atoms with Gasteiger partial charge in [0, 0.05) is 31.5 Å². The first-order valence-corrected chi connectivity index (χ1v) is 13.3. The van der Waals surface area contributed by atoms with Crippen molar-refractivity contribution in [2.75, 3.05) is 6.54 Å². The van der Waals surface area contributed by atoms with Crippen LogP contribution in [0.4, 0.5) is 9.18 Å². The second-order valence-electron chi connectivity index (χ2n) is 9.96. The maximum atomic E-state index is 14.0. The van der Waals surface area contributed by atoms with Crippen molar-refractivity contribution in [2.45, 2.75) is 62.6 Å². The Bertz CT molecular complexity index is 1200. The highest BCUT2D eigenvalue weighted by Gasteiger charge is 2.61. The lowest BCUT2D eigenvalue weighted by atomic mass is 9.92. The zero-order chi connectivity index (χ0) is 25.0. The predicted octanol–water partition coefficient (Wildman–Crippen LogP) is 1.77. The van der Waals surface area contributed by atoms with E-state index in [2.05, 4.69) is 16.6 Å². The van der Waals surface area contributed by atoms with E-state index in [1.165, 1.54) is 11.0 Å². The number of carbonyl (C=O) groups is 3. The molecule has 0 radical (unpaired) electrons. The number of halogens is 1. The Hall–Kier alpha value is -2.79. The van der Waals surface area contributed by atoms with Crippen molar-refractivity contribution in [1.29, 1.82) is 0 Å². The van der Waals surface area contributed by atoms with E-state index < -0.39 is 44.8 Å². The molecule has 1 aromatic carbocycles. The van der Waals surface area contributed by atoms with Gasteiger partial charge in [0.15, 0.2) is 5.78 Å². The minimum atomic E-state index is -3.72. The molecular weight excluding hydrogens is 477 g/mol. The molecule has 2 aliphatic heterocycles. The van der Waals surface area contributed by atoms with Crippen molar-refractivity contribution < 1.29 is 31.9 Å². The van der Waals surface area contributed by atoms with Crippen LogP contribution in [0.5, 0.6) is 0 Å². The van der Waals surface area contributed by atoms with Gasteiger partial charge in [0.25, 0.3) is 0 Å². The molecule has 9 nitrogen and oxygen atoms in total. The predicted molar refractivity (Wildman–Crippen MR) is 123 cm³/mol. The monoisotopic (exact) mass is 505 g/mol. The van der Waals surface area contributed by atoms with Gasteiger partial charge in [0.05, 0.1) is 23.3 Å². The second-order valence-corrected chi connectivity index (χ2v) is 11.9. The average Bonchev–Trinajstić information content (AvgIpc) is 3.69. The number of rotatable bonds is 8. The number of Topliss-reactive ketones (excluding diaryl/α,β-unsaturated/α-hetero) is 1. The molecule has 2 N–H and O–H groups in total. The summed E-state index contributed by atoms with van der Waals surface area (Å²) in [6, 6.07) is 4.12. The van der Waals surface area contributed by atoms with E-state index >= 15 is 0 Å². The number of hydrogen-bond acceptors (Lipinski definition) is 7. The third-order valence-corrected chi connectivity index (χ3v) is 9.31. The van der Waals surface area contributed by atoms with E-state index in [1.807, 2.05) is 0 Å². The number of carbonyl (C=O) groups excluding carboxylic acids is 3. The summed E-state index contributed by atoms with van der Waals surface area (Å²) in [7, 11) is -3.72. The van der Waals surface area contributed by atoms with Crippen molar-refractivity contribution >= 4 is 27.8 Å². The normalized spacial score (nSPS) is 29.4. The van der Waals surface area contributed by atoms with Crippen LogP contribution < -0.4 is 10.0 Å². The Morgan fingerprint density at radius 2 is 2.06 bits per heavy atom. The lowest BCUT2D eigenvalue weighted by molar-refractivity contribution is -0.130. The lowest BCUT2D eigenvalue weighted by Gasteiger charge is -2.19. The summed E-state index contributed by atoms with van der Waals surface area (Å²) in [5.41, 5.74) is 0.117. The lowest BCUT2D eigenvalue weighted by Crippen LogP contribution is -2.42. The third-order valence-electron chi connectivity index (χ3n) is 7.49. The molecule has 4 aliphatic rings. The van der Waals surface area contributed by atoms with Crippen LogP contribution in [-0.4, -0.2) is 55.0 Å². The van der Waals surface area contributed by atoms with E-state index in [0.717, 1.165) is 5.56 Å². The van der Waals surface area contributed by atoms with Gasteiger partial charge >= 0.3 is 6.09 Å². The fraction of sp³-hybridized carbons (Fsp3) is 0.542. The molecule has 0 spiro atoms. The molecule has 11 heteroatoms. The third kappa shape index (κ3) is 4.58. The summed E-state index contributed by atoms with van der Waals surface area (Å²) in [5.74, 6) is -1.51. The van der Waals surface area contributed by atoms with Gasteiger partial charge in [-0.25, -0.2) is 17.6 Å². The fourth-order valence-corrected chi connectivity index (χ4v) is 6.46. The zero-order valence-corrected chi connectivity index (χ0v) is 20.0. The van der Waals surface area contributed by atoms with Crippen LogP contribution in [0, 0.1) is 17.2 Å². The quantitative estimate of drug-likeness (QED) is 0.517. The van der Waals surface area contributed by atoms with Crippen LogP contribution in [0.2, 0.25) is 0 Å². The fourth-order valence-electron chi connectivity index (χ4n) is 5.08. The summed E-state index contributed by atoms with van der Waals surface area (Å²) in [6.07, 6.45) is 2.03. The number of hydrogen-bond donors (Lipinski definition) is 2. The van der Waals surface area contributed by atoms with Gasteiger partial charge < -0.3 is 10.1 Å². The standard InChI is InChI=1S/C24H28FN3O6S/c1-2-15-9-24(15,22(30)27-35(32,33)17-6-7-17)10-21(29)20-8-16(11-26-20)34-23(31)28-12-14-4-3-5-19(25)18(14)13-28/h2-5,15-17,20,26H,1,6-13H2,(H,27,30)/t15-,16?,20+,24-/m1/s1. The molecule has 0 bridgehead atoms. The summed E-state index contributed by atoms with van der Waals surface area (Å²) >= 11 is 0. The summed E-state index contributed by atoms with van der Waals surface area (Å²) in [6.45, 7) is 4.38. The van der Waals surface area contributed by atoms with Crippen molar-refractivity contribution in [2.24, 2.45) is 11.3 Å². The molecule has 1 unspecified atom stereocenters. The van der Waals surface area contributed by atoms with Gasteiger partial charge in [-0.15, -0.1) is 6.58 Å². The first kappa shape index (κ1) is 23.9. The van der Waals surface area contributed by atoms with Gasteiger partial charge in [-0.05, 0) is 36.8 Å². The van der Waals surface area contributed by atoms with Crippen LogP contribution in [0.15, 0.2) is 30.9 Å². The highest BCUT2D eigenvalue weighted by molar-refractivity contribution is 7.90. The first-order chi connectivity index (χ1) is 16.6. The maximum absolute atomic E-state index is 14.0. The maximum Gasteiger partial charge on any atom is 0.410 e. The smallest absolute Gasteiger partial charge is 0.410 e. The van der Waals surface area contributed by atoms with Gasteiger partial charge in [-0.1, -0.05) is 18.2 Å². The molecule has 2 amide bonds. The first-order valence-electron chi connectivity index (χ1n) is 11.8. The van der Waals surface area contributed by atoms with Crippen LogP contribution in [0.25, 0.3) is 0 Å². The number of ketones is 1. The average molecular weight is 506 g/mol. The molecule has 35 heavy (non-hydrogen) atoms.